The molecule has 28 heavy (non-hydrogen) atoms. The standard InChI is InChI=1S/C19H17ClFN3O3S/c1-24(17(18(22)26)10-3-2-4-12(21)7-10)16(25)9-15-19(27)23-13-8-11(20)5-6-14(13)28-15/h2-8,15,17H,9H2,1H3,(H2,22,26)(H,23,27). The summed E-state index contributed by atoms with van der Waals surface area (Å²) >= 11 is 7.17. The van der Waals surface area contributed by atoms with Crippen molar-refractivity contribution in [1.82, 2.24) is 4.90 Å². The molecule has 2 atom stereocenters. The van der Waals surface area contributed by atoms with Crippen molar-refractivity contribution in [1.29, 1.82) is 0 Å². The van der Waals surface area contributed by atoms with Crippen LogP contribution in [0.2, 0.25) is 5.02 Å². The zero-order valence-corrected chi connectivity index (χ0v) is 16.4. The van der Waals surface area contributed by atoms with E-state index in [1.54, 1.807) is 18.2 Å². The lowest BCUT2D eigenvalue weighted by Gasteiger charge is -2.29. The molecule has 0 aliphatic carbocycles. The molecule has 3 amide bonds. The summed E-state index contributed by atoms with van der Waals surface area (Å²) < 4.78 is 13.5. The maximum Gasteiger partial charge on any atom is 0.244 e. The minimum absolute atomic E-state index is 0.145. The number of anilines is 1. The summed E-state index contributed by atoms with van der Waals surface area (Å²) in [5.41, 5.74) is 6.30. The maximum atomic E-state index is 13.5. The molecule has 0 bridgehead atoms. The molecule has 0 saturated heterocycles. The molecule has 1 heterocycles. The van der Waals surface area contributed by atoms with E-state index < -0.39 is 28.9 Å². The summed E-state index contributed by atoms with van der Waals surface area (Å²) in [7, 11) is 1.40. The Bertz CT molecular complexity index is 956. The smallest absolute Gasteiger partial charge is 0.244 e. The largest absolute Gasteiger partial charge is 0.368 e. The third-order valence-electron chi connectivity index (χ3n) is 4.34. The first-order valence-electron chi connectivity index (χ1n) is 8.34. The van der Waals surface area contributed by atoms with E-state index in [0.29, 0.717) is 10.7 Å². The van der Waals surface area contributed by atoms with Gasteiger partial charge in [-0.2, -0.15) is 0 Å². The highest BCUT2D eigenvalue weighted by molar-refractivity contribution is 8.01. The van der Waals surface area contributed by atoms with Gasteiger partial charge in [0, 0.05) is 23.4 Å². The lowest BCUT2D eigenvalue weighted by molar-refractivity contribution is -0.138. The molecule has 6 nitrogen and oxygen atoms in total. The van der Waals surface area contributed by atoms with E-state index in [1.807, 2.05) is 0 Å². The van der Waals surface area contributed by atoms with Gasteiger partial charge in [-0.05, 0) is 35.9 Å². The van der Waals surface area contributed by atoms with E-state index in [1.165, 1.54) is 37.0 Å². The molecule has 0 saturated carbocycles. The van der Waals surface area contributed by atoms with Crippen LogP contribution in [0.1, 0.15) is 18.0 Å². The lowest BCUT2D eigenvalue weighted by atomic mass is 10.0. The number of nitrogens with two attached hydrogens (primary N) is 1. The Labute approximate surface area is 170 Å². The van der Waals surface area contributed by atoms with Crippen LogP contribution in [0.15, 0.2) is 47.4 Å². The van der Waals surface area contributed by atoms with Gasteiger partial charge in [0.25, 0.3) is 0 Å². The first kappa shape index (κ1) is 20.2. The fourth-order valence-corrected chi connectivity index (χ4v) is 4.21. The first-order valence-corrected chi connectivity index (χ1v) is 9.59. The molecule has 0 aromatic heterocycles. The minimum atomic E-state index is -1.13. The number of benzene rings is 2. The molecule has 0 spiro atoms. The van der Waals surface area contributed by atoms with Crippen LogP contribution in [0.4, 0.5) is 10.1 Å². The van der Waals surface area contributed by atoms with Crippen LogP contribution < -0.4 is 11.1 Å². The molecule has 0 radical (unpaired) electrons. The van der Waals surface area contributed by atoms with Gasteiger partial charge in [-0.25, -0.2) is 4.39 Å². The lowest BCUT2D eigenvalue weighted by Crippen LogP contribution is -2.41. The molecule has 146 valence electrons. The number of nitrogens with zero attached hydrogens (tertiary/aromatic N) is 1. The highest BCUT2D eigenvalue weighted by Crippen LogP contribution is 2.38. The quantitative estimate of drug-likeness (QED) is 0.776. The number of carbonyl (C=O) groups excluding carboxylic acids is 3. The van der Waals surface area contributed by atoms with Gasteiger partial charge in [0.2, 0.25) is 17.7 Å². The number of likely N-dealkylation sites (N-methyl/N-ethyl adjacent to an activating group) is 1. The van der Waals surface area contributed by atoms with Gasteiger partial charge in [-0.15, -0.1) is 11.8 Å². The molecule has 2 aromatic carbocycles. The van der Waals surface area contributed by atoms with Crippen molar-refractivity contribution in [2.75, 3.05) is 12.4 Å². The number of amides is 3. The Kier molecular flexibility index (Phi) is 5.90. The monoisotopic (exact) mass is 421 g/mol. The van der Waals surface area contributed by atoms with Gasteiger partial charge in [0.1, 0.15) is 11.9 Å². The topological polar surface area (TPSA) is 92.5 Å². The van der Waals surface area contributed by atoms with Crippen LogP contribution in [0.3, 0.4) is 0 Å². The molecule has 3 rings (SSSR count). The molecule has 0 fully saturated rings. The molecule has 3 N–H and O–H groups in total. The zero-order chi connectivity index (χ0) is 20.4. The molecule has 9 heteroatoms. The van der Waals surface area contributed by atoms with Crippen LogP contribution in [0.25, 0.3) is 0 Å². The Hall–Kier alpha value is -2.58. The van der Waals surface area contributed by atoms with Gasteiger partial charge < -0.3 is 16.0 Å². The fraction of sp³-hybridized carbons (Fsp3) is 0.211. The summed E-state index contributed by atoms with van der Waals surface area (Å²) in [5.74, 6) is -2.12. The van der Waals surface area contributed by atoms with E-state index in [0.717, 1.165) is 15.9 Å². The third kappa shape index (κ3) is 4.28. The predicted octanol–water partition coefficient (Wildman–Crippen LogP) is 2.97. The highest BCUT2D eigenvalue weighted by Gasteiger charge is 2.33. The summed E-state index contributed by atoms with van der Waals surface area (Å²) in [6, 6.07) is 9.31. The Balaban J connectivity index is 1.76. The minimum Gasteiger partial charge on any atom is -0.368 e. The molecular formula is C19H17ClFN3O3S. The van der Waals surface area contributed by atoms with Gasteiger partial charge in [-0.1, -0.05) is 23.7 Å². The van der Waals surface area contributed by atoms with Crippen LogP contribution in [-0.2, 0) is 14.4 Å². The second-order valence-corrected chi connectivity index (χ2v) is 7.99. The van der Waals surface area contributed by atoms with Crippen LogP contribution >= 0.6 is 23.4 Å². The van der Waals surface area contributed by atoms with Crippen molar-refractivity contribution in [3.8, 4) is 0 Å². The maximum absolute atomic E-state index is 13.5. The number of primary amides is 1. The van der Waals surface area contributed by atoms with E-state index in [9.17, 15) is 18.8 Å². The van der Waals surface area contributed by atoms with Crippen LogP contribution in [0, 0.1) is 5.82 Å². The van der Waals surface area contributed by atoms with Gasteiger partial charge in [0.15, 0.2) is 0 Å². The third-order valence-corrected chi connectivity index (χ3v) is 5.85. The predicted molar refractivity (Wildman–Crippen MR) is 105 cm³/mol. The van der Waals surface area contributed by atoms with Gasteiger partial charge >= 0.3 is 0 Å². The molecular weight excluding hydrogens is 405 g/mol. The van der Waals surface area contributed by atoms with Crippen molar-refractivity contribution in [3.05, 3.63) is 58.9 Å². The van der Waals surface area contributed by atoms with E-state index in [-0.39, 0.29) is 17.9 Å². The number of carbonyl (C=O) groups is 3. The van der Waals surface area contributed by atoms with Crippen molar-refractivity contribution >= 4 is 46.8 Å². The van der Waals surface area contributed by atoms with E-state index in [4.69, 9.17) is 17.3 Å². The summed E-state index contributed by atoms with van der Waals surface area (Å²) in [6.07, 6.45) is -0.145. The number of hydrogen-bond donors (Lipinski definition) is 2. The van der Waals surface area contributed by atoms with Crippen molar-refractivity contribution in [2.24, 2.45) is 5.73 Å². The normalized spacial score (nSPS) is 16.7. The average molecular weight is 422 g/mol. The SMILES string of the molecule is CN(C(=O)CC1Sc2ccc(Cl)cc2NC1=O)C(C(N)=O)c1cccc(F)c1. The summed E-state index contributed by atoms with van der Waals surface area (Å²) in [6.45, 7) is 0. The number of thioether (sulfide) groups is 1. The van der Waals surface area contributed by atoms with Crippen molar-refractivity contribution < 1.29 is 18.8 Å². The van der Waals surface area contributed by atoms with E-state index >= 15 is 0 Å². The second kappa shape index (κ2) is 8.20. The Morgan fingerprint density at radius 3 is 2.75 bits per heavy atom. The second-order valence-electron chi connectivity index (χ2n) is 6.30. The molecule has 1 aliphatic rings. The number of fused-ring (bicyclic) bond motifs is 1. The first-order chi connectivity index (χ1) is 13.3. The van der Waals surface area contributed by atoms with Crippen molar-refractivity contribution in [2.45, 2.75) is 22.6 Å². The highest BCUT2D eigenvalue weighted by atomic mass is 35.5. The molecule has 2 aromatic rings. The number of halogens is 2. The van der Waals surface area contributed by atoms with Crippen molar-refractivity contribution in [3.63, 3.8) is 0 Å². The van der Waals surface area contributed by atoms with Crippen LogP contribution in [0.5, 0.6) is 0 Å². The van der Waals surface area contributed by atoms with Crippen LogP contribution in [-0.4, -0.2) is 34.9 Å². The zero-order valence-electron chi connectivity index (χ0n) is 14.8. The van der Waals surface area contributed by atoms with E-state index in [2.05, 4.69) is 5.32 Å². The Morgan fingerprint density at radius 1 is 1.32 bits per heavy atom. The summed E-state index contributed by atoms with van der Waals surface area (Å²) in [5, 5.41) is 2.55. The average Bonchev–Trinajstić information content (AvgIpc) is 2.62. The number of hydrogen-bond acceptors (Lipinski definition) is 4. The molecule has 1 aliphatic heterocycles. The van der Waals surface area contributed by atoms with Gasteiger partial charge in [0.05, 0.1) is 10.9 Å². The summed E-state index contributed by atoms with van der Waals surface area (Å²) in [4.78, 5) is 38.9. The van der Waals surface area contributed by atoms with Gasteiger partial charge in [-0.3, -0.25) is 14.4 Å². The molecule has 2 unspecified atom stereocenters. The fourth-order valence-electron chi connectivity index (χ4n) is 2.96. The number of nitrogens with one attached hydrogen (secondary N) is 1. The number of rotatable bonds is 5. The Morgan fingerprint density at radius 2 is 2.07 bits per heavy atom.